The van der Waals surface area contributed by atoms with Crippen LogP contribution in [0.3, 0.4) is 0 Å². The average molecular weight is 352 g/mol. The van der Waals surface area contributed by atoms with E-state index in [2.05, 4.69) is 93.6 Å². The average Bonchev–Trinajstić information content (AvgIpc) is 2.69. The lowest BCUT2D eigenvalue weighted by molar-refractivity contribution is 0.109. The summed E-state index contributed by atoms with van der Waals surface area (Å²) < 4.78 is 6.28. The van der Waals surface area contributed by atoms with Gasteiger partial charge in [0.2, 0.25) is 0 Å². The van der Waals surface area contributed by atoms with Crippen LogP contribution in [0.15, 0.2) is 91.0 Å². The Kier molecular flexibility index (Phi) is 4.45. The standard InChI is InChI=1S/C26H24O/c1-19-9-15-25(16-10-19)27-26(2,3)24-14-13-22-17-21(11-12-23(22)18-24)20-7-5-4-6-8-20/h4-18H,1-3H3. The van der Waals surface area contributed by atoms with E-state index in [-0.39, 0.29) is 0 Å². The number of hydrogen-bond acceptors (Lipinski definition) is 1. The molecule has 27 heavy (non-hydrogen) atoms. The molecule has 0 spiro atoms. The highest BCUT2D eigenvalue weighted by atomic mass is 16.5. The summed E-state index contributed by atoms with van der Waals surface area (Å²) in [4.78, 5) is 0. The fourth-order valence-electron chi connectivity index (χ4n) is 3.39. The van der Waals surface area contributed by atoms with Gasteiger partial charge in [0, 0.05) is 0 Å². The Hall–Kier alpha value is -3.06. The maximum atomic E-state index is 6.28. The molecular weight excluding hydrogens is 328 g/mol. The van der Waals surface area contributed by atoms with Crippen molar-refractivity contribution in [3.63, 3.8) is 0 Å². The van der Waals surface area contributed by atoms with Crippen LogP contribution in [0, 0.1) is 6.92 Å². The Bertz CT molecular complexity index is 1060. The van der Waals surface area contributed by atoms with E-state index >= 15 is 0 Å². The fraction of sp³-hybridized carbons (Fsp3) is 0.154. The molecule has 4 aromatic rings. The smallest absolute Gasteiger partial charge is 0.128 e. The molecule has 0 fully saturated rings. The normalized spacial score (nSPS) is 11.5. The van der Waals surface area contributed by atoms with Gasteiger partial charge in [0.05, 0.1) is 0 Å². The molecule has 0 unspecified atom stereocenters. The number of aryl methyl sites for hydroxylation is 1. The van der Waals surface area contributed by atoms with Crippen LogP contribution >= 0.6 is 0 Å². The van der Waals surface area contributed by atoms with Gasteiger partial charge in [-0.1, -0.05) is 72.3 Å². The van der Waals surface area contributed by atoms with E-state index in [1.807, 2.05) is 18.2 Å². The third-order valence-corrected chi connectivity index (χ3v) is 5.04. The van der Waals surface area contributed by atoms with Crippen LogP contribution in [-0.2, 0) is 5.60 Å². The molecule has 1 nitrogen and oxygen atoms in total. The van der Waals surface area contributed by atoms with Crippen molar-refractivity contribution < 1.29 is 4.74 Å². The quantitative estimate of drug-likeness (QED) is 0.379. The van der Waals surface area contributed by atoms with E-state index in [9.17, 15) is 0 Å². The van der Waals surface area contributed by atoms with Gasteiger partial charge < -0.3 is 4.74 Å². The number of fused-ring (bicyclic) bond motifs is 1. The summed E-state index contributed by atoms with van der Waals surface area (Å²) in [5, 5.41) is 2.47. The van der Waals surface area contributed by atoms with E-state index in [4.69, 9.17) is 4.74 Å². The molecule has 0 saturated heterocycles. The largest absolute Gasteiger partial charge is 0.483 e. The molecule has 0 atom stereocenters. The van der Waals surface area contributed by atoms with Gasteiger partial charge in [-0.15, -0.1) is 0 Å². The van der Waals surface area contributed by atoms with E-state index in [1.165, 1.54) is 33.0 Å². The first-order chi connectivity index (χ1) is 13.0. The van der Waals surface area contributed by atoms with Crippen LogP contribution in [0.25, 0.3) is 21.9 Å². The van der Waals surface area contributed by atoms with Gasteiger partial charge in [-0.05, 0) is 72.5 Å². The molecule has 0 saturated carbocycles. The highest BCUT2D eigenvalue weighted by Crippen LogP contribution is 2.31. The van der Waals surface area contributed by atoms with Crippen molar-refractivity contribution >= 4 is 10.8 Å². The van der Waals surface area contributed by atoms with E-state index < -0.39 is 5.60 Å². The molecule has 4 aromatic carbocycles. The molecule has 0 aliphatic rings. The van der Waals surface area contributed by atoms with Gasteiger partial charge in [0.15, 0.2) is 0 Å². The Balaban J connectivity index is 1.65. The van der Waals surface area contributed by atoms with Gasteiger partial charge in [-0.25, -0.2) is 0 Å². The van der Waals surface area contributed by atoms with Crippen molar-refractivity contribution in [3.8, 4) is 16.9 Å². The SMILES string of the molecule is Cc1ccc(OC(C)(C)c2ccc3cc(-c4ccccc4)ccc3c2)cc1. The molecule has 0 aliphatic heterocycles. The lowest BCUT2D eigenvalue weighted by Gasteiger charge is -2.27. The predicted molar refractivity (Wildman–Crippen MR) is 114 cm³/mol. The minimum Gasteiger partial charge on any atom is -0.483 e. The third-order valence-electron chi connectivity index (χ3n) is 5.04. The van der Waals surface area contributed by atoms with Crippen molar-refractivity contribution in [1.29, 1.82) is 0 Å². The topological polar surface area (TPSA) is 9.23 Å². The van der Waals surface area contributed by atoms with E-state index in [0.29, 0.717) is 0 Å². The second-order valence-electron chi connectivity index (χ2n) is 7.57. The van der Waals surface area contributed by atoms with Crippen LogP contribution < -0.4 is 4.74 Å². The van der Waals surface area contributed by atoms with Crippen LogP contribution in [0.1, 0.15) is 25.0 Å². The maximum Gasteiger partial charge on any atom is 0.128 e. The molecule has 134 valence electrons. The van der Waals surface area contributed by atoms with Crippen molar-refractivity contribution in [2.45, 2.75) is 26.4 Å². The zero-order valence-electron chi connectivity index (χ0n) is 16.1. The summed E-state index contributed by atoms with van der Waals surface area (Å²) in [7, 11) is 0. The first-order valence-corrected chi connectivity index (χ1v) is 9.37. The third kappa shape index (κ3) is 3.73. The first kappa shape index (κ1) is 17.4. The summed E-state index contributed by atoms with van der Waals surface area (Å²) in [5.41, 5.74) is 4.49. The molecule has 0 aliphatic carbocycles. The second-order valence-corrected chi connectivity index (χ2v) is 7.57. The lowest BCUT2D eigenvalue weighted by Crippen LogP contribution is -2.25. The van der Waals surface area contributed by atoms with Gasteiger partial charge >= 0.3 is 0 Å². The van der Waals surface area contributed by atoms with Crippen LogP contribution in [0.5, 0.6) is 5.75 Å². The molecule has 1 heteroatoms. The Morgan fingerprint density at radius 3 is 2.04 bits per heavy atom. The van der Waals surface area contributed by atoms with Crippen LogP contribution in [-0.4, -0.2) is 0 Å². The fourth-order valence-corrected chi connectivity index (χ4v) is 3.39. The molecular formula is C26H24O. The maximum absolute atomic E-state index is 6.28. The number of benzene rings is 4. The molecule has 0 aromatic heterocycles. The highest BCUT2D eigenvalue weighted by molar-refractivity contribution is 5.88. The second kappa shape index (κ2) is 6.92. The molecule has 0 radical (unpaired) electrons. The first-order valence-electron chi connectivity index (χ1n) is 9.37. The molecule has 0 bridgehead atoms. The zero-order valence-corrected chi connectivity index (χ0v) is 16.1. The van der Waals surface area contributed by atoms with E-state index in [1.54, 1.807) is 0 Å². The van der Waals surface area contributed by atoms with Gasteiger partial charge in [0.1, 0.15) is 11.4 Å². The molecule has 0 N–H and O–H groups in total. The summed E-state index contributed by atoms with van der Waals surface area (Å²) >= 11 is 0. The summed E-state index contributed by atoms with van der Waals surface area (Å²) in [6.45, 7) is 6.32. The highest BCUT2D eigenvalue weighted by Gasteiger charge is 2.23. The van der Waals surface area contributed by atoms with Crippen LogP contribution in [0.2, 0.25) is 0 Å². The Morgan fingerprint density at radius 2 is 1.30 bits per heavy atom. The predicted octanol–water partition coefficient (Wildman–Crippen LogP) is 7.13. The summed E-state index contributed by atoms with van der Waals surface area (Å²) in [6, 6.07) is 32.0. The lowest BCUT2D eigenvalue weighted by atomic mass is 9.93. The van der Waals surface area contributed by atoms with Gasteiger partial charge in [0.25, 0.3) is 0 Å². The van der Waals surface area contributed by atoms with E-state index in [0.717, 1.165) is 5.75 Å². The van der Waals surface area contributed by atoms with Crippen molar-refractivity contribution in [3.05, 3.63) is 102 Å². The molecule has 0 amide bonds. The summed E-state index contributed by atoms with van der Waals surface area (Å²) in [6.07, 6.45) is 0. The minimum absolute atomic E-state index is 0.401. The molecule has 4 rings (SSSR count). The number of rotatable bonds is 4. The van der Waals surface area contributed by atoms with Crippen molar-refractivity contribution in [2.75, 3.05) is 0 Å². The Morgan fingerprint density at radius 1 is 0.630 bits per heavy atom. The summed E-state index contributed by atoms with van der Waals surface area (Å²) in [5.74, 6) is 0.894. The van der Waals surface area contributed by atoms with Crippen LogP contribution in [0.4, 0.5) is 0 Å². The van der Waals surface area contributed by atoms with Crippen molar-refractivity contribution in [2.24, 2.45) is 0 Å². The zero-order chi connectivity index (χ0) is 18.9. The monoisotopic (exact) mass is 352 g/mol. The minimum atomic E-state index is -0.401. The number of hydrogen-bond donors (Lipinski definition) is 0. The van der Waals surface area contributed by atoms with Gasteiger partial charge in [-0.3, -0.25) is 0 Å². The van der Waals surface area contributed by atoms with Gasteiger partial charge in [-0.2, -0.15) is 0 Å². The Labute approximate surface area is 161 Å². The number of ether oxygens (including phenoxy) is 1. The van der Waals surface area contributed by atoms with Crippen molar-refractivity contribution in [1.82, 2.24) is 0 Å². The molecule has 0 heterocycles.